The van der Waals surface area contributed by atoms with Crippen molar-refractivity contribution in [3.8, 4) is 0 Å². The van der Waals surface area contributed by atoms with E-state index in [0.717, 1.165) is 37.5 Å². The van der Waals surface area contributed by atoms with E-state index in [0.29, 0.717) is 11.6 Å². The minimum atomic E-state index is -4.33. The van der Waals surface area contributed by atoms with Crippen LogP contribution in [0, 0.1) is 6.92 Å². The second-order valence-electron chi connectivity index (χ2n) is 4.04. The number of nitrogens with one attached hydrogen (secondary N) is 1. The molecule has 2 rings (SSSR count). The van der Waals surface area contributed by atoms with Gasteiger partial charge in [-0.25, -0.2) is 4.98 Å². The lowest BCUT2D eigenvalue weighted by Gasteiger charge is -2.26. The van der Waals surface area contributed by atoms with Crippen molar-refractivity contribution in [1.29, 1.82) is 0 Å². The summed E-state index contributed by atoms with van der Waals surface area (Å²) < 4.78 is 37.7. The van der Waals surface area contributed by atoms with E-state index >= 15 is 0 Å². The van der Waals surface area contributed by atoms with Crippen molar-refractivity contribution < 1.29 is 13.2 Å². The smallest absolute Gasteiger partial charge is 0.314 e. The number of thiazole rings is 1. The summed E-state index contributed by atoms with van der Waals surface area (Å²) in [6, 6.07) is 0. The summed E-state index contributed by atoms with van der Waals surface area (Å²) >= 11 is 1.14. The Bertz CT molecular complexity index is 383. The van der Waals surface area contributed by atoms with Crippen LogP contribution in [0.4, 0.5) is 13.2 Å². The minimum Gasteiger partial charge on any atom is -0.314 e. The maximum Gasteiger partial charge on any atom is 0.434 e. The molecule has 0 unspecified atom stereocenters. The minimum absolute atomic E-state index is 0.252. The molecular weight excluding hydrogens is 251 g/mol. The van der Waals surface area contributed by atoms with Crippen LogP contribution in [0.2, 0.25) is 0 Å². The van der Waals surface area contributed by atoms with Gasteiger partial charge < -0.3 is 5.32 Å². The quantitative estimate of drug-likeness (QED) is 0.885. The van der Waals surface area contributed by atoms with E-state index < -0.39 is 11.9 Å². The predicted octanol–water partition coefficient (Wildman–Crippen LogP) is 1.88. The van der Waals surface area contributed by atoms with Crippen LogP contribution in [0.15, 0.2) is 0 Å². The van der Waals surface area contributed by atoms with Gasteiger partial charge in [-0.15, -0.1) is 11.3 Å². The molecule has 3 nitrogen and oxygen atoms in total. The monoisotopic (exact) mass is 265 g/mol. The Labute approximate surface area is 102 Å². The molecule has 0 bridgehead atoms. The van der Waals surface area contributed by atoms with Gasteiger partial charge in [-0.2, -0.15) is 13.2 Å². The molecule has 0 saturated carbocycles. The second-order valence-corrected chi connectivity index (χ2v) is 5.32. The molecule has 1 aromatic rings. The average molecular weight is 265 g/mol. The summed E-state index contributed by atoms with van der Waals surface area (Å²) in [5, 5.41) is 3.76. The maximum atomic E-state index is 12.6. The summed E-state index contributed by atoms with van der Waals surface area (Å²) in [5.74, 6) is 0. The van der Waals surface area contributed by atoms with Crippen molar-refractivity contribution in [2.75, 3.05) is 26.2 Å². The standard InChI is InChI=1S/C10H14F3N3S/c1-7-9(10(11,12)13)15-8(17-7)6-16-4-2-14-3-5-16/h14H,2-6H2,1H3. The fourth-order valence-corrected chi connectivity index (χ4v) is 2.84. The van der Waals surface area contributed by atoms with Gasteiger partial charge in [-0.05, 0) is 6.92 Å². The maximum absolute atomic E-state index is 12.6. The second kappa shape index (κ2) is 4.91. The largest absolute Gasteiger partial charge is 0.434 e. The molecule has 0 atom stereocenters. The van der Waals surface area contributed by atoms with E-state index in [2.05, 4.69) is 15.2 Å². The normalized spacial score (nSPS) is 18.6. The molecular formula is C10H14F3N3S. The highest BCUT2D eigenvalue weighted by molar-refractivity contribution is 7.11. The van der Waals surface area contributed by atoms with Crippen molar-refractivity contribution >= 4 is 11.3 Å². The first-order valence-corrected chi connectivity index (χ1v) is 6.25. The van der Waals surface area contributed by atoms with E-state index in [-0.39, 0.29) is 4.88 Å². The zero-order valence-electron chi connectivity index (χ0n) is 9.47. The summed E-state index contributed by atoms with van der Waals surface area (Å²) in [5.41, 5.74) is -0.729. The summed E-state index contributed by atoms with van der Waals surface area (Å²) in [7, 11) is 0. The van der Waals surface area contributed by atoms with E-state index in [9.17, 15) is 13.2 Å². The molecule has 0 aromatic carbocycles. The molecule has 1 saturated heterocycles. The number of halogens is 3. The SMILES string of the molecule is Cc1sc(CN2CCNCC2)nc1C(F)(F)F. The lowest BCUT2D eigenvalue weighted by molar-refractivity contribution is -0.141. The van der Waals surface area contributed by atoms with Gasteiger partial charge in [0.15, 0.2) is 5.69 Å². The molecule has 1 N–H and O–H groups in total. The van der Waals surface area contributed by atoms with E-state index in [4.69, 9.17) is 0 Å². The van der Waals surface area contributed by atoms with Gasteiger partial charge in [0.25, 0.3) is 0 Å². The molecule has 0 amide bonds. The molecule has 1 fully saturated rings. The number of hydrogen-bond donors (Lipinski definition) is 1. The van der Waals surface area contributed by atoms with Crippen LogP contribution in [0.1, 0.15) is 15.6 Å². The number of aromatic nitrogens is 1. The first-order valence-electron chi connectivity index (χ1n) is 5.43. The first kappa shape index (κ1) is 12.8. The fourth-order valence-electron chi connectivity index (χ4n) is 1.84. The molecule has 0 spiro atoms. The topological polar surface area (TPSA) is 28.2 Å². The van der Waals surface area contributed by atoms with Crippen LogP contribution in [0.5, 0.6) is 0 Å². The lowest BCUT2D eigenvalue weighted by atomic mass is 10.3. The van der Waals surface area contributed by atoms with Gasteiger partial charge in [0.05, 0.1) is 6.54 Å². The van der Waals surface area contributed by atoms with Crippen molar-refractivity contribution in [3.05, 3.63) is 15.6 Å². The summed E-state index contributed by atoms with van der Waals surface area (Å²) in [4.78, 5) is 6.08. The third kappa shape index (κ3) is 3.17. The van der Waals surface area contributed by atoms with Crippen molar-refractivity contribution in [3.63, 3.8) is 0 Å². The molecule has 17 heavy (non-hydrogen) atoms. The van der Waals surface area contributed by atoms with Crippen LogP contribution in [0.3, 0.4) is 0 Å². The van der Waals surface area contributed by atoms with Gasteiger partial charge in [0.2, 0.25) is 0 Å². The van der Waals surface area contributed by atoms with Crippen molar-refractivity contribution in [2.45, 2.75) is 19.6 Å². The molecule has 1 aliphatic rings. The average Bonchev–Trinajstić information content (AvgIpc) is 2.60. The number of alkyl halides is 3. The third-order valence-electron chi connectivity index (χ3n) is 2.68. The Morgan fingerprint density at radius 3 is 2.53 bits per heavy atom. The van der Waals surface area contributed by atoms with E-state index in [1.54, 1.807) is 0 Å². The van der Waals surface area contributed by atoms with Gasteiger partial charge in [0, 0.05) is 31.1 Å². The molecule has 2 heterocycles. The van der Waals surface area contributed by atoms with E-state index in [1.165, 1.54) is 6.92 Å². The van der Waals surface area contributed by atoms with Crippen LogP contribution >= 0.6 is 11.3 Å². The molecule has 7 heteroatoms. The van der Waals surface area contributed by atoms with Gasteiger partial charge in [0.1, 0.15) is 5.01 Å². The highest BCUT2D eigenvalue weighted by Gasteiger charge is 2.36. The van der Waals surface area contributed by atoms with Crippen LogP contribution in [0.25, 0.3) is 0 Å². The van der Waals surface area contributed by atoms with Crippen LogP contribution < -0.4 is 5.32 Å². The third-order valence-corrected chi connectivity index (χ3v) is 3.63. The number of rotatable bonds is 2. The number of hydrogen-bond acceptors (Lipinski definition) is 4. The summed E-state index contributed by atoms with van der Waals surface area (Å²) in [6.45, 7) is 5.48. The Morgan fingerprint density at radius 1 is 1.35 bits per heavy atom. The summed E-state index contributed by atoms with van der Waals surface area (Å²) in [6.07, 6.45) is -4.33. The number of piperazine rings is 1. The van der Waals surface area contributed by atoms with Crippen LogP contribution in [-0.2, 0) is 12.7 Å². The van der Waals surface area contributed by atoms with Gasteiger partial charge in [-0.3, -0.25) is 4.90 Å². The van der Waals surface area contributed by atoms with Crippen molar-refractivity contribution in [2.24, 2.45) is 0 Å². The first-order chi connectivity index (χ1) is 7.97. The molecule has 0 aliphatic carbocycles. The number of aryl methyl sites for hydroxylation is 1. The Balaban J connectivity index is 2.06. The molecule has 1 aromatic heterocycles. The van der Waals surface area contributed by atoms with Gasteiger partial charge >= 0.3 is 6.18 Å². The lowest BCUT2D eigenvalue weighted by Crippen LogP contribution is -2.42. The molecule has 96 valence electrons. The molecule has 0 radical (unpaired) electrons. The fraction of sp³-hybridized carbons (Fsp3) is 0.700. The van der Waals surface area contributed by atoms with E-state index in [1.807, 2.05) is 0 Å². The van der Waals surface area contributed by atoms with Crippen LogP contribution in [-0.4, -0.2) is 36.1 Å². The Morgan fingerprint density at radius 2 is 2.00 bits per heavy atom. The highest BCUT2D eigenvalue weighted by Crippen LogP contribution is 2.34. The highest BCUT2D eigenvalue weighted by atomic mass is 32.1. The van der Waals surface area contributed by atoms with Crippen molar-refractivity contribution in [1.82, 2.24) is 15.2 Å². The zero-order chi connectivity index (χ0) is 12.5. The number of nitrogens with zero attached hydrogens (tertiary/aromatic N) is 2. The zero-order valence-corrected chi connectivity index (χ0v) is 10.3. The Kier molecular flexibility index (Phi) is 3.70. The predicted molar refractivity (Wildman–Crippen MR) is 60.0 cm³/mol. The molecule has 1 aliphatic heterocycles. The van der Waals surface area contributed by atoms with Gasteiger partial charge in [-0.1, -0.05) is 0 Å². The Hall–Kier alpha value is -0.660.